The van der Waals surface area contributed by atoms with Gasteiger partial charge in [0.2, 0.25) is 0 Å². The van der Waals surface area contributed by atoms with Gasteiger partial charge in [-0.15, -0.1) is 0 Å². The molecule has 0 bridgehead atoms. The Hall–Kier alpha value is -1.26. The highest BCUT2D eigenvalue weighted by Gasteiger charge is 2.48. The second kappa shape index (κ2) is 6.26. The zero-order valence-corrected chi connectivity index (χ0v) is 12.4. The quantitative estimate of drug-likeness (QED) is 0.805. The van der Waals surface area contributed by atoms with Gasteiger partial charge in [0, 0.05) is 19.1 Å². The Balaban J connectivity index is 2.64. The molecule has 1 fully saturated rings. The predicted molar refractivity (Wildman–Crippen MR) is 74.0 cm³/mol. The summed E-state index contributed by atoms with van der Waals surface area (Å²) < 4.78 is 0. The fraction of sp³-hybridized carbons (Fsp3) is 0.857. The number of nitrogens with zero attached hydrogens (tertiary/aromatic N) is 1. The summed E-state index contributed by atoms with van der Waals surface area (Å²) >= 11 is 0. The van der Waals surface area contributed by atoms with Crippen molar-refractivity contribution in [1.82, 2.24) is 10.2 Å². The van der Waals surface area contributed by atoms with Crippen molar-refractivity contribution in [3.63, 3.8) is 0 Å². The first kappa shape index (κ1) is 15.8. The van der Waals surface area contributed by atoms with Gasteiger partial charge in [0.1, 0.15) is 0 Å². The molecular formula is C14H26N2O3. The largest absolute Gasteiger partial charge is 0.481 e. The molecule has 0 saturated carbocycles. The summed E-state index contributed by atoms with van der Waals surface area (Å²) in [7, 11) is 0. The fourth-order valence-electron chi connectivity index (χ4n) is 2.71. The molecule has 1 saturated heterocycles. The Kier molecular flexibility index (Phi) is 5.20. The Morgan fingerprint density at radius 1 is 1.37 bits per heavy atom. The first-order valence-electron chi connectivity index (χ1n) is 7.12. The molecule has 0 aromatic carbocycles. The predicted octanol–water partition coefficient (Wildman–Crippen LogP) is 2.32. The van der Waals surface area contributed by atoms with E-state index in [4.69, 9.17) is 0 Å². The van der Waals surface area contributed by atoms with E-state index in [0.717, 1.165) is 12.8 Å². The van der Waals surface area contributed by atoms with E-state index in [1.165, 1.54) is 0 Å². The van der Waals surface area contributed by atoms with Crippen LogP contribution in [0.15, 0.2) is 0 Å². The first-order chi connectivity index (χ1) is 8.83. The molecule has 0 aromatic rings. The lowest BCUT2D eigenvalue weighted by Crippen LogP contribution is -2.45. The average Bonchev–Trinajstić information content (AvgIpc) is 2.75. The van der Waals surface area contributed by atoms with Crippen molar-refractivity contribution in [2.75, 3.05) is 13.1 Å². The topological polar surface area (TPSA) is 69.6 Å². The third-order valence-electron chi connectivity index (χ3n) is 4.21. The van der Waals surface area contributed by atoms with Gasteiger partial charge in [0.05, 0.1) is 5.41 Å². The van der Waals surface area contributed by atoms with Gasteiger partial charge in [-0.2, -0.15) is 0 Å². The van der Waals surface area contributed by atoms with Gasteiger partial charge >= 0.3 is 12.0 Å². The van der Waals surface area contributed by atoms with Gasteiger partial charge in [-0.1, -0.05) is 27.2 Å². The SMILES string of the molecule is CCCC(C)NC(=O)N1CCC(C(=O)O)(C(C)C)C1. The van der Waals surface area contributed by atoms with E-state index in [1.54, 1.807) is 4.90 Å². The summed E-state index contributed by atoms with van der Waals surface area (Å²) in [5.74, 6) is -0.768. The van der Waals surface area contributed by atoms with Crippen LogP contribution in [0.4, 0.5) is 4.79 Å². The highest BCUT2D eigenvalue weighted by Crippen LogP contribution is 2.38. The number of likely N-dealkylation sites (tertiary alicyclic amines) is 1. The molecule has 5 nitrogen and oxygen atoms in total. The van der Waals surface area contributed by atoms with Gasteiger partial charge in [0.15, 0.2) is 0 Å². The molecule has 1 aliphatic heterocycles. The van der Waals surface area contributed by atoms with Crippen LogP contribution >= 0.6 is 0 Å². The number of nitrogens with one attached hydrogen (secondary N) is 1. The summed E-state index contributed by atoms with van der Waals surface area (Å²) in [4.78, 5) is 25.2. The Labute approximate surface area is 115 Å². The van der Waals surface area contributed by atoms with Crippen molar-refractivity contribution in [2.45, 2.75) is 53.0 Å². The Morgan fingerprint density at radius 3 is 2.42 bits per heavy atom. The number of carbonyl (C=O) groups excluding carboxylic acids is 1. The van der Waals surface area contributed by atoms with Crippen LogP contribution in [0.1, 0.15) is 47.0 Å². The fourth-order valence-corrected chi connectivity index (χ4v) is 2.71. The molecule has 1 rings (SSSR count). The van der Waals surface area contributed by atoms with Crippen LogP contribution in [-0.2, 0) is 4.79 Å². The molecule has 2 unspecified atom stereocenters. The zero-order valence-electron chi connectivity index (χ0n) is 12.4. The van der Waals surface area contributed by atoms with E-state index < -0.39 is 11.4 Å². The van der Waals surface area contributed by atoms with E-state index >= 15 is 0 Å². The number of carboxylic acids is 1. The van der Waals surface area contributed by atoms with Crippen molar-refractivity contribution in [3.8, 4) is 0 Å². The number of amides is 2. The van der Waals surface area contributed by atoms with Crippen LogP contribution in [0.5, 0.6) is 0 Å². The van der Waals surface area contributed by atoms with E-state index in [2.05, 4.69) is 12.2 Å². The zero-order chi connectivity index (χ0) is 14.6. The lowest BCUT2D eigenvalue weighted by molar-refractivity contribution is -0.150. The number of rotatable bonds is 5. The minimum absolute atomic E-state index is 0.0239. The highest BCUT2D eigenvalue weighted by atomic mass is 16.4. The van der Waals surface area contributed by atoms with Crippen LogP contribution < -0.4 is 5.32 Å². The second-order valence-electron chi connectivity index (χ2n) is 5.93. The van der Waals surface area contributed by atoms with Crippen molar-refractivity contribution >= 4 is 12.0 Å². The monoisotopic (exact) mass is 270 g/mol. The van der Waals surface area contributed by atoms with Gasteiger partial charge < -0.3 is 15.3 Å². The minimum atomic E-state index is -0.792. The number of aliphatic carboxylic acids is 1. The average molecular weight is 270 g/mol. The molecule has 0 aromatic heterocycles. The van der Waals surface area contributed by atoms with Gasteiger partial charge in [-0.3, -0.25) is 4.79 Å². The van der Waals surface area contributed by atoms with E-state index in [9.17, 15) is 14.7 Å². The molecule has 0 spiro atoms. The molecule has 0 aliphatic carbocycles. The number of hydrogen-bond acceptors (Lipinski definition) is 2. The van der Waals surface area contributed by atoms with Gasteiger partial charge in [0.25, 0.3) is 0 Å². The van der Waals surface area contributed by atoms with Crippen molar-refractivity contribution < 1.29 is 14.7 Å². The number of carboxylic acid groups (broad SMARTS) is 1. The van der Waals surface area contributed by atoms with Crippen molar-refractivity contribution in [3.05, 3.63) is 0 Å². The van der Waals surface area contributed by atoms with E-state index in [1.807, 2.05) is 20.8 Å². The molecule has 1 heterocycles. The number of carbonyl (C=O) groups is 2. The lowest BCUT2D eigenvalue weighted by atomic mass is 9.76. The van der Waals surface area contributed by atoms with Crippen LogP contribution in [0.3, 0.4) is 0 Å². The summed E-state index contributed by atoms with van der Waals surface area (Å²) in [6.07, 6.45) is 2.50. The van der Waals surface area contributed by atoms with Crippen LogP contribution in [0.25, 0.3) is 0 Å². The smallest absolute Gasteiger partial charge is 0.317 e. The second-order valence-corrected chi connectivity index (χ2v) is 5.93. The Bertz CT molecular complexity index is 344. The van der Waals surface area contributed by atoms with Crippen LogP contribution in [0.2, 0.25) is 0 Å². The summed E-state index contributed by atoms with van der Waals surface area (Å²) in [5, 5.41) is 12.4. The molecule has 19 heavy (non-hydrogen) atoms. The third-order valence-corrected chi connectivity index (χ3v) is 4.21. The maximum atomic E-state index is 12.1. The standard InChI is InChI=1S/C14H26N2O3/c1-5-6-11(4)15-13(19)16-8-7-14(9-16,10(2)3)12(17)18/h10-11H,5-9H2,1-4H3,(H,15,19)(H,17,18). The lowest BCUT2D eigenvalue weighted by Gasteiger charge is -2.29. The molecule has 5 heteroatoms. The number of hydrogen-bond donors (Lipinski definition) is 2. The van der Waals surface area contributed by atoms with Crippen molar-refractivity contribution in [2.24, 2.45) is 11.3 Å². The summed E-state index contributed by atoms with van der Waals surface area (Å²) in [6.45, 7) is 8.71. The summed E-state index contributed by atoms with van der Waals surface area (Å²) in [6, 6.07) is 0.00102. The normalized spacial score (nSPS) is 24.6. The molecule has 2 amide bonds. The van der Waals surface area contributed by atoms with E-state index in [0.29, 0.717) is 19.5 Å². The van der Waals surface area contributed by atoms with Gasteiger partial charge in [-0.25, -0.2) is 4.79 Å². The third kappa shape index (κ3) is 3.39. The molecule has 2 atom stereocenters. The highest BCUT2D eigenvalue weighted by molar-refractivity contribution is 5.80. The summed E-state index contributed by atoms with van der Waals surface area (Å²) in [5.41, 5.74) is -0.786. The molecule has 1 aliphatic rings. The Morgan fingerprint density at radius 2 is 2.00 bits per heavy atom. The number of urea groups is 1. The van der Waals surface area contributed by atoms with Gasteiger partial charge in [-0.05, 0) is 25.7 Å². The van der Waals surface area contributed by atoms with E-state index in [-0.39, 0.29) is 18.0 Å². The minimum Gasteiger partial charge on any atom is -0.481 e. The first-order valence-corrected chi connectivity index (χ1v) is 7.12. The maximum Gasteiger partial charge on any atom is 0.317 e. The molecule has 2 N–H and O–H groups in total. The molecule has 0 radical (unpaired) electrons. The molecule has 110 valence electrons. The van der Waals surface area contributed by atoms with Crippen LogP contribution in [-0.4, -0.2) is 41.1 Å². The molecular weight excluding hydrogens is 244 g/mol. The maximum absolute atomic E-state index is 12.1. The van der Waals surface area contributed by atoms with Crippen LogP contribution in [0, 0.1) is 11.3 Å². The van der Waals surface area contributed by atoms with Crippen molar-refractivity contribution in [1.29, 1.82) is 0 Å².